The first-order valence-corrected chi connectivity index (χ1v) is 5.59. The van der Waals surface area contributed by atoms with E-state index in [1.54, 1.807) is 18.2 Å². The molecule has 0 amide bonds. The van der Waals surface area contributed by atoms with Crippen molar-refractivity contribution in [3.8, 4) is 6.07 Å². The van der Waals surface area contributed by atoms with Crippen molar-refractivity contribution in [1.29, 1.82) is 5.26 Å². The van der Waals surface area contributed by atoms with Crippen molar-refractivity contribution in [2.75, 3.05) is 7.11 Å². The molecule has 1 rings (SSSR count). The van der Waals surface area contributed by atoms with Gasteiger partial charge >= 0.3 is 5.97 Å². The summed E-state index contributed by atoms with van der Waals surface area (Å²) in [5.41, 5.74) is 2.57. The van der Waals surface area contributed by atoms with Crippen molar-refractivity contribution >= 4 is 11.5 Å². The molecule has 0 aliphatic heterocycles. The Kier molecular flexibility index (Phi) is 4.89. The number of esters is 1. The monoisotopic (exact) mass is 241 g/mol. The summed E-state index contributed by atoms with van der Waals surface area (Å²) in [6, 6.07) is 6.99. The minimum Gasteiger partial charge on any atom is -0.465 e. The SMILES string of the molecule is C/C=C\C(=C/C)c1cc(C#N)ccc1C(=O)OC. The molecule has 0 heterocycles. The first kappa shape index (κ1) is 13.7. The molecule has 0 unspecified atom stereocenters. The predicted octanol–water partition coefficient (Wildman–Crippen LogP) is 3.32. The molecule has 0 saturated heterocycles. The number of hydrogen-bond acceptors (Lipinski definition) is 3. The van der Waals surface area contributed by atoms with E-state index >= 15 is 0 Å². The minimum atomic E-state index is -0.404. The van der Waals surface area contributed by atoms with Gasteiger partial charge in [-0.3, -0.25) is 0 Å². The van der Waals surface area contributed by atoms with Crippen LogP contribution in [-0.2, 0) is 4.74 Å². The maximum Gasteiger partial charge on any atom is 0.338 e. The molecule has 3 heteroatoms. The lowest BCUT2D eigenvalue weighted by atomic mass is 9.97. The zero-order valence-corrected chi connectivity index (χ0v) is 10.7. The van der Waals surface area contributed by atoms with E-state index in [4.69, 9.17) is 10.00 Å². The summed E-state index contributed by atoms with van der Waals surface area (Å²) in [5, 5.41) is 8.93. The van der Waals surface area contributed by atoms with Gasteiger partial charge < -0.3 is 4.74 Å². The second-order valence-corrected chi connectivity index (χ2v) is 3.61. The molecule has 0 aliphatic rings. The first-order valence-electron chi connectivity index (χ1n) is 5.59. The molecule has 0 bridgehead atoms. The van der Waals surface area contributed by atoms with Crippen molar-refractivity contribution in [2.45, 2.75) is 13.8 Å². The zero-order chi connectivity index (χ0) is 13.5. The molecular weight excluding hydrogens is 226 g/mol. The predicted molar refractivity (Wildman–Crippen MR) is 71.0 cm³/mol. The maximum absolute atomic E-state index is 11.7. The standard InChI is InChI=1S/C15H15NO2/c1-4-6-12(5-2)14-9-11(10-16)7-8-13(14)15(17)18-3/h4-9H,1-3H3/b6-4-,12-5+. The van der Waals surface area contributed by atoms with E-state index in [1.807, 2.05) is 32.1 Å². The van der Waals surface area contributed by atoms with Gasteiger partial charge in [-0.05, 0) is 43.2 Å². The summed E-state index contributed by atoms with van der Waals surface area (Å²) in [6.07, 6.45) is 5.67. The average molecular weight is 241 g/mol. The van der Waals surface area contributed by atoms with Crippen LogP contribution < -0.4 is 0 Å². The van der Waals surface area contributed by atoms with E-state index < -0.39 is 5.97 Å². The van der Waals surface area contributed by atoms with Crippen LogP contribution >= 0.6 is 0 Å². The largest absolute Gasteiger partial charge is 0.465 e. The van der Waals surface area contributed by atoms with E-state index in [2.05, 4.69) is 6.07 Å². The highest BCUT2D eigenvalue weighted by atomic mass is 16.5. The molecule has 0 radical (unpaired) electrons. The van der Waals surface area contributed by atoms with Crippen LogP contribution in [0.15, 0.2) is 36.4 Å². The van der Waals surface area contributed by atoms with Crippen molar-refractivity contribution in [1.82, 2.24) is 0 Å². The molecule has 0 aliphatic carbocycles. The van der Waals surface area contributed by atoms with E-state index in [0.717, 1.165) is 5.57 Å². The van der Waals surface area contributed by atoms with Crippen LogP contribution in [0.1, 0.15) is 35.3 Å². The second kappa shape index (κ2) is 6.41. The Morgan fingerprint density at radius 2 is 2.06 bits per heavy atom. The molecule has 0 aromatic heterocycles. The molecule has 0 atom stereocenters. The highest BCUT2D eigenvalue weighted by molar-refractivity contribution is 5.97. The van der Waals surface area contributed by atoms with Crippen LogP contribution in [-0.4, -0.2) is 13.1 Å². The smallest absolute Gasteiger partial charge is 0.338 e. The molecule has 0 spiro atoms. The van der Waals surface area contributed by atoms with Gasteiger partial charge in [0.1, 0.15) is 0 Å². The van der Waals surface area contributed by atoms with Gasteiger partial charge in [-0.25, -0.2) is 4.79 Å². The molecule has 0 saturated carbocycles. The number of carbonyl (C=O) groups is 1. The van der Waals surface area contributed by atoms with Gasteiger partial charge in [0.25, 0.3) is 0 Å². The first-order chi connectivity index (χ1) is 8.67. The molecule has 0 N–H and O–H groups in total. The molecule has 92 valence electrons. The van der Waals surface area contributed by atoms with Gasteiger partial charge in [0.05, 0.1) is 24.3 Å². The fraction of sp³-hybridized carbons (Fsp3) is 0.200. The molecular formula is C15H15NO2. The number of hydrogen-bond donors (Lipinski definition) is 0. The fourth-order valence-corrected chi connectivity index (χ4v) is 1.66. The van der Waals surface area contributed by atoms with E-state index in [0.29, 0.717) is 16.7 Å². The third-order valence-electron chi connectivity index (χ3n) is 2.52. The van der Waals surface area contributed by atoms with Gasteiger partial charge in [0, 0.05) is 0 Å². The normalized spacial score (nSPS) is 11.3. The van der Waals surface area contributed by atoms with Gasteiger partial charge in [-0.2, -0.15) is 5.26 Å². The number of benzene rings is 1. The lowest BCUT2D eigenvalue weighted by Crippen LogP contribution is -2.05. The number of methoxy groups -OCH3 is 1. The summed E-state index contributed by atoms with van der Waals surface area (Å²) in [4.78, 5) is 11.7. The molecule has 18 heavy (non-hydrogen) atoms. The van der Waals surface area contributed by atoms with Crippen LogP contribution in [0.3, 0.4) is 0 Å². The lowest BCUT2D eigenvalue weighted by molar-refractivity contribution is 0.0600. The van der Waals surface area contributed by atoms with Crippen molar-refractivity contribution in [3.05, 3.63) is 53.1 Å². The molecule has 1 aromatic carbocycles. The number of ether oxygens (including phenoxy) is 1. The number of nitrogens with zero attached hydrogens (tertiary/aromatic N) is 1. The topological polar surface area (TPSA) is 50.1 Å². The van der Waals surface area contributed by atoms with E-state index in [-0.39, 0.29) is 0 Å². The molecule has 1 aromatic rings. The average Bonchev–Trinajstić information content (AvgIpc) is 2.43. The number of rotatable bonds is 3. The highest BCUT2D eigenvalue weighted by Crippen LogP contribution is 2.23. The summed E-state index contributed by atoms with van der Waals surface area (Å²) < 4.78 is 4.75. The lowest BCUT2D eigenvalue weighted by Gasteiger charge is -2.09. The second-order valence-electron chi connectivity index (χ2n) is 3.61. The van der Waals surface area contributed by atoms with Gasteiger partial charge in [-0.15, -0.1) is 0 Å². The Bertz CT molecular complexity index is 548. The number of allylic oxidation sites excluding steroid dienone is 4. The van der Waals surface area contributed by atoms with Crippen LogP contribution in [0, 0.1) is 11.3 Å². The maximum atomic E-state index is 11.7. The quantitative estimate of drug-likeness (QED) is 0.602. The van der Waals surface area contributed by atoms with Crippen LogP contribution in [0.4, 0.5) is 0 Å². The molecule has 3 nitrogen and oxygen atoms in total. The minimum absolute atomic E-state index is 0.404. The third-order valence-corrected chi connectivity index (χ3v) is 2.52. The Morgan fingerprint density at radius 3 is 2.56 bits per heavy atom. The summed E-state index contributed by atoms with van der Waals surface area (Å²) >= 11 is 0. The number of carbonyl (C=O) groups excluding carboxylic acids is 1. The molecule has 0 fully saturated rings. The third kappa shape index (κ3) is 2.86. The van der Waals surface area contributed by atoms with Crippen LogP contribution in [0.25, 0.3) is 5.57 Å². The fourth-order valence-electron chi connectivity index (χ4n) is 1.66. The summed E-state index contributed by atoms with van der Waals surface area (Å²) in [6.45, 7) is 3.78. The van der Waals surface area contributed by atoms with Crippen LogP contribution in [0.2, 0.25) is 0 Å². The Hall–Kier alpha value is -2.34. The Morgan fingerprint density at radius 1 is 1.33 bits per heavy atom. The Labute approximate surface area is 107 Å². The van der Waals surface area contributed by atoms with Crippen molar-refractivity contribution in [2.24, 2.45) is 0 Å². The Balaban J connectivity index is 3.46. The van der Waals surface area contributed by atoms with Gasteiger partial charge in [-0.1, -0.05) is 18.2 Å². The number of nitriles is 1. The van der Waals surface area contributed by atoms with Gasteiger partial charge in [0.2, 0.25) is 0 Å². The van der Waals surface area contributed by atoms with E-state index in [9.17, 15) is 4.79 Å². The van der Waals surface area contributed by atoms with Crippen molar-refractivity contribution in [3.63, 3.8) is 0 Å². The van der Waals surface area contributed by atoms with Gasteiger partial charge in [0.15, 0.2) is 0 Å². The summed E-state index contributed by atoms with van der Waals surface area (Å²) in [7, 11) is 1.34. The highest BCUT2D eigenvalue weighted by Gasteiger charge is 2.14. The zero-order valence-electron chi connectivity index (χ0n) is 10.7. The van der Waals surface area contributed by atoms with E-state index in [1.165, 1.54) is 7.11 Å². The van der Waals surface area contributed by atoms with Crippen molar-refractivity contribution < 1.29 is 9.53 Å². The van der Waals surface area contributed by atoms with Crippen LogP contribution in [0.5, 0.6) is 0 Å². The summed E-state index contributed by atoms with van der Waals surface area (Å²) in [5.74, 6) is -0.404.